The molecule has 2 aromatic carbocycles. The van der Waals surface area contributed by atoms with Gasteiger partial charge >= 0.3 is 5.63 Å². The molecule has 0 bridgehead atoms. The van der Waals surface area contributed by atoms with Crippen LogP contribution in [0.25, 0.3) is 21.5 Å². The van der Waals surface area contributed by atoms with Crippen molar-refractivity contribution < 1.29 is 9.15 Å². The van der Waals surface area contributed by atoms with E-state index in [-0.39, 0.29) is 5.63 Å². The van der Waals surface area contributed by atoms with E-state index in [1.54, 1.807) is 23.5 Å². The van der Waals surface area contributed by atoms with Gasteiger partial charge in [-0.15, -0.1) is 11.3 Å². The first kappa shape index (κ1) is 16.1. The first-order valence-corrected chi connectivity index (χ1v) is 9.22. The molecule has 4 aromatic rings. The monoisotopic (exact) mass is 413 g/mol. The summed E-state index contributed by atoms with van der Waals surface area (Å²) in [4.78, 5) is 15.9. The Hall–Kier alpha value is -2.44. The average molecular weight is 414 g/mol. The molecule has 25 heavy (non-hydrogen) atoms. The van der Waals surface area contributed by atoms with Crippen LogP contribution in [0.5, 0.6) is 5.75 Å². The lowest BCUT2D eigenvalue weighted by Gasteiger charge is -2.05. The van der Waals surface area contributed by atoms with Crippen LogP contribution in [0.1, 0.15) is 5.69 Å². The lowest BCUT2D eigenvalue weighted by atomic mass is 10.2. The Balaban J connectivity index is 1.51. The smallest absolute Gasteiger partial charge is 0.336 e. The minimum absolute atomic E-state index is 0.354. The molecule has 0 fully saturated rings. The number of ether oxygens (including phenoxy) is 1. The van der Waals surface area contributed by atoms with Crippen LogP contribution in [-0.2, 0) is 6.61 Å². The summed E-state index contributed by atoms with van der Waals surface area (Å²) < 4.78 is 12.0. The Kier molecular flexibility index (Phi) is 4.38. The normalized spacial score (nSPS) is 10.9. The summed E-state index contributed by atoms with van der Waals surface area (Å²) in [5.41, 5.74) is 2.06. The summed E-state index contributed by atoms with van der Waals surface area (Å²) >= 11 is 5.05. The van der Waals surface area contributed by atoms with Crippen LogP contribution in [-0.4, -0.2) is 4.98 Å². The molecular weight excluding hydrogens is 402 g/mol. The van der Waals surface area contributed by atoms with Gasteiger partial charge in [-0.3, -0.25) is 0 Å². The Labute approximate surface area is 155 Å². The van der Waals surface area contributed by atoms with E-state index in [4.69, 9.17) is 9.15 Å². The van der Waals surface area contributed by atoms with Gasteiger partial charge < -0.3 is 9.15 Å². The van der Waals surface area contributed by atoms with Gasteiger partial charge in [0.05, 0.1) is 5.69 Å². The third kappa shape index (κ3) is 3.65. The second kappa shape index (κ2) is 6.82. The SMILES string of the molecule is O=c1ccc2ccc(OCc3csc(-c4cccc(Br)c4)n3)cc2o1. The quantitative estimate of drug-likeness (QED) is 0.428. The number of aromatic nitrogens is 1. The molecule has 6 heteroatoms. The minimum atomic E-state index is -0.372. The first-order valence-electron chi connectivity index (χ1n) is 7.54. The van der Waals surface area contributed by atoms with Gasteiger partial charge in [0.1, 0.15) is 22.9 Å². The number of rotatable bonds is 4. The summed E-state index contributed by atoms with van der Waals surface area (Å²) in [6, 6.07) is 16.6. The van der Waals surface area contributed by atoms with Gasteiger partial charge in [0.2, 0.25) is 0 Å². The molecule has 0 aliphatic rings. The second-order valence-electron chi connectivity index (χ2n) is 5.40. The molecule has 0 aliphatic carbocycles. The Morgan fingerprint density at radius 3 is 2.88 bits per heavy atom. The molecule has 4 rings (SSSR count). The summed E-state index contributed by atoms with van der Waals surface area (Å²) in [5.74, 6) is 0.638. The van der Waals surface area contributed by atoms with Crippen LogP contribution in [0.15, 0.2) is 73.7 Å². The molecule has 0 spiro atoms. The van der Waals surface area contributed by atoms with Crippen LogP contribution in [0, 0.1) is 0 Å². The minimum Gasteiger partial charge on any atom is -0.487 e. The molecule has 2 aromatic heterocycles. The first-order chi connectivity index (χ1) is 12.2. The van der Waals surface area contributed by atoms with E-state index in [2.05, 4.69) is 20.9 Å². The number of hydrogen-bond acceptors (Lipinski definition) is 5. The van der Waals surface area contributed by atoms with Gasteiger partial charge in [-0.25, -0.2) is 9.78 Å². The number of thiazole rings is 1. The zero-order valence-corrected chi connectivity index (χ0v) is 15.3. The van der Waals surface area contributed by atoms with E-state index in [9.17, 15) is 4.79 Å². The Morgan fingerprint density at radius 1 is 1.12 bits per heavy atom. The number of fused-ring (bicyclic) bond motifs is 1. The van der Waals surface area contributed by atoms with Gasteiger partial charge in [-0.05, 0) is 30.3 Å². The van der Waals surface area contributed by atoms with E-state index in [1.807, 2.05) is 41.8 Å². The maximum Gasteiger partial charge on any atom is 0.336 e. The highest BCUT2D eigenvalue weighted by atomic mass is 79.9. The topological polar surface area (TPSA) is 52.3 Å². The van der Waals surface area contributed by atoms with Crippen molar-refractivity contribution in [3.8, 4) is 16.3 Å². The second-order valence-corrected chi connectivity index (χ2v) is 7.17. The fourth-order valence-corrected chi connectivity index (χ4v) is 3.62. The third-order valence-electron chi connectivity index (χ3n) is 3.60. The van der Waals surface area contributed by atoms with E-state index in [1.165, 1.54) is 6.07 Å². The molecule has 2 heterocycles. The highest BCUT2D eigenvalue weighted by Crippen LogP contribution is 2.27. The predicted octanol–water partition coefficient (Wildman–Crippen LogP) is 5.26. The van der Waals surface area contributed by atoms with Crippen molar-refractivity contribution in [2.75, 3.05) is 0 Å². The predicted molar refractivity (Wildman–Crippen MR) is 102 cm³/mol. The highest BCUT2D eigenvalue weighted by molar-refractivity contribution is 9.10. The highest BCUT2D eigenvalue weighted by Gasteiger charge is 2.07. The van der Waals surface area contributed by atoms with Crippen molar-refractivity contribution >= 4 is 38.2 Å². The lowest BCUT2D eigenvalue weighted by Crippen LogP contribution is -1.97. The number of benzene rings is 2. The van der Waals surface area contributed by atoms with Crippen molar-refractivity contribution in [2.45, 2.75) is 6.61 Å². The van der Waals surface area contributed by atoms with Crippen molar-refractivity contribution in [2.24, 2.45) is 0 Å². The molecule has 124 valence electrons. The summed E-state index contributed by atoms with van der Waals surface area (Å²) in [6.07, 6.45) is 0. The molecular formula is C19H12BrNO3S. The van der Waals surface area contributed by atoms with Crippen molar-refractivity contribution in [1.82, 2.24) is 4.98 Å². The Morgan fingerprint density at radius 2 is 2.00 bits per heavy atom. The zero-order valence-electron chi connectivity index (χ0n) is 12.9. The molecule has 0 amide bonds. The number of nitrogens with zero attached hydrogens (tertiary/aromatic N) is 1. The lowest BCUT2D eigenvalue weighted by molar-refractivity contribution is 0.302. The Bertz CT molecular complexity index is 1100. The van der Waals surface area contributed by atoms with E-state index < -0.39 is 0 Å². The largest absolute Gasteiger partial charge is 0.487 e. The fourth-order valence-electron chi connectivity index (χ4n) is 2.42. The molecule has 0 atom stereocenters. The molecule has 0 aliphatic heterocycles. The van der Waals surface area contributed by atoms with Crippen LogP contribution in [0.2, 0.25) is 0 Å². The van der Waals surface area contributed by atoms with Crippen LogP contribution < -0.4 is 10.4 Å². The van der Waals surface area contributed by atoms with Gasteiger partial charge in [-0.2, -0.15) is 0 Å². The molecule has 0 saturated heterocycles. The fraction of sp³-hybridized carbons (Fsp3) is 0.0526. The zero-order chi connectivity index (χ0) is 17.2. The summed E-state index contributed by atoms with van der Waals surface area (Å²) in [7, 11) is 0. The van der Waals surface area contributed by atoms with E-state index in [0.29, 0.717) is 17.9 Å². The summed E-state index contributed by atoms with van der Waals surface area (Å²) in [5, 5.41) is 3.79. The number of halogens is 1. The number of hydrogen-bond donors (Lipinski definition) is 0. The average Bonchev–Trinajstić information content (AvgIpc) is 3.08. The van der Waals surface area contributed by atoms with Gasteiger partial charge in [0.15, 0.2) is 0 Å². The van der Waals surface area contributed by atoms with Crippen molar-refractivity contribution in [3.05, 3.63) is 80.6 Å². The molecule has 4 nitrogen and oxygen atoms in total. The third-order valence-corrected chi connectivity index (χ3v) is 5.04. The van der Waals surface area contributed by atoms with Crippen molar-refractivity contribution in [3.63, 3.8) is 0 Å². The van der Waals surface area contributed by atoms with Gasteiger partial charge in [0.25, 0.3) is 0 Å². The summed E-state index contributed by atoms with van der Waals surface area (Å²) in [6.45, 7) is 0.354. The standard InChI is InChI=1S/C19H12BrNO3S/c20-14-3-1-2-13(8-14)19-21-15(11-25-19)10-23-16-6-4-12-5-7-18(22)24-17(12)9-16/h1-9,11H,10H2. The molecule has 0 N–H and O–H groups in total. The van der Waals surface area contributed by atoms with Crippen LogP contribution in [0.4, 0.5) is 0 Å². The molecule has 0 saturated carbocycles. The van der Waals surface area contributed by atoms with Crippen LogP contribution in [0.3, 0.4) is 0 Å². The maximum absolute atomic E-state index is 11.3. The molecule has 0 unspecified atom stereocenters. The van der Waals surface area contributed by atoms with E-state index >= 15 is 0 Å². The molecule has 0 radical (unpaired) electrons. The van der Waals surface area contributed by atoms with Gasteiger partial charge in [-0.1, -0.05) is 28.1 Å². The van der Waals surface area contributed by atoms with Gasteiger partial charge in [0, 0.05) is 32.9 Å². The van der Waals surface area contributed by atoms with Crippen molar-refractivity contribution in [1.29, 1.82) is 0 Å². The van der Waals surface area contributed by atoms with Crippen LogP contribution >= 0.6 is 27.3 Å². The maximum atomic E-state index is 11.3. The van der Waals surface area contributed by atoms with E-state index in [0.717, 1.165) is 26.1 Å².